The van der Waals surface area contributed by atoms with Gasteiger partial charge in [-0.25, -0.2) is 8.42 Å². The number of piperidine rings is 1. The molecule has 1 aliphatic rings. The number of hydrogen-bond donors (Lipinski definition) is 2. The predicted molar refractivity (Wildman–Crippen MR) is 74.3 cm³/mol. The van der Waals surface area contributed by atoms with E-state index in [1.807, 2.05) is 18.2 Å². The zero-order chi connectivity index (χ0) is 13.0. The van der Waals surface area contributed by atoms with Crippen molar-refractivity contribution in [2.24, 2.45) is 0 Å². The molecular weight excluding hydrogens is 248 g/mol. The molecule has 0 saturated carbocycles. The molecule has 1 aromatic rings. The first-order valence-electron chi connectivity index (χ1n) is 6.43. The second kappa shape index (κ2) is 5.71. The molecule has 0 unspecified atom stereocenters. The lowest BCUT2D eigenvalue weighted by molar-refractivity contribution is 0.499. The van der Waals surface area contributed by atoms with Gasteiger partial charge in [0, 0.05) is 5.69 Å². The monoisotopic (exact) mass is 268 g/mol. The number of nitrogens with one attached hydrogen (secondary N) is 2. The number of benzene rings is 1. The molecule has 4 nitrogen and oxygen atoms in total. The summed E-state index contributed by atoms with van der Waals surface area (Å²) >= 11 is 0. The SMILES string of the molecule is CCc1cccc(NS(=O)(=O)C2CCNCC2)c1. The maximum Gasteiger partial charge on any atom is 0.235 e. The van der Waals surface area contributed by atoms with E-state index in [1.165, 1.54) is 0 Å². The summed E-state index contributed by atoms with van der Waals surface area (Å²) in [6.07, 6.45) is 2.27. The normalized spacial score (nSPS) is 17.6. The Morgan fingerprint density at radius 3 is 2.72 bits per heavy atom. The van der Waals surface area contributed by atoms with Gasteiger partial charge in [0.1, 0.15) is 0 Å². The van der Waals surface area contributed by atoms with Crippen LogP contribution in [0.5, 0.6) is 0 Å². The van der Waals surface area contributed by atoms with E-state index >= 15 is 0 Å². The number of anilines is 1. The van der Waals surface area contributed by atoms with Gasteiger partial charge in [-0.3, -0.25) is 4.72 Å². The summed E-state index contributed by atoms with van der Waals surface area (Å²) in [5, 5.41) is 2.90. The van der Waals surface area contributed by atoms with Gasteiger partial charge in [0.05, 0.1) is 5.25 Å². The molecule has 2 rings (SSSR count). The van der Waals surface area contributed by atoms with E-state index in [-0.39, 0.29) is 5.25 Å². The van der Waals surface area contributed by atoms with E-state index in [0.29, 0.717) is 18.5 Å². The van der Waals surface area contributed by atoms with Gasteiger partial charge in [-0.2, -0.15) is 0 Å². The van der Waals surface area contributed by atoms with Crippen LogP contribution >= 0.6 is 0 Å². The minimum Gasteiger partial charge on any atom is -0.317 e. The van der Waals surface area contributed by atoms with Gasteiger partial charge in [-0.15, -0.1) is 0 Å². The molecule has 5 heteroatoms. The van der Waals surface area contributed by atoms with Crippen LogP contribution < -0.4 is 10.0 Å². The minimum absolute atomic E-state index is 0.274. The lowest BCUT2D eigenvalue weighted by Gasteiger charge is -2.23. The van der Waals surface area contributed by atoms with Gasteiger partial charge < -0.3 is 5.32 Å². The Balaban J connectivity index is 2.11. The fraction of sp³-hybridized carbons (Fsp3) is 0.538. The molecule has 0 spiro atoms. The van der Waals surface area contributed by atoms with Gasteiger partial charge in [0.2, 0.25) is 10.0 Å². The fourth-order valence-corrected chi connectivity index (χ4v) is 3.69. The van der Waals surface area contributed by atoms with E-state index < -0.39 is 10.0 Å². The van der Waals surface area contributed by atoms with E-state index in [9.17, 15) is 8.42 Å². The molecule has 0 bridgehead atoms. The third-order valence-corrected chi connectivity index (χ3v) is 5.19. The van der Waals surface area contributed by atoms with Gasteiger partial charge in [-0.1, -0.05) is 19.1 Å². The summed E-state index contributed by atoms with van der Waals surface area (Å²) in [6.45, 7) is 3.61. The highest BCUT2D eigenvalue weighted by Gasteiger charge is 2.26. The third kappa shape index (κ3) is 3.23. The average molecular weight is 268 g/mol. The van der Waals surface area contributed by atoms with Gasteiger partial charge in [0.15, 0.2) is 0 Å². The van der Waals surface area contributed by atoms with Crippen LogP contribution in [0.4, 0.5) is 5.69 Å². The Morgan fingerprint density at radius 1 is 1.33 bits per heavy atom. The van der Waals surface area contributed by atoms with Crippen molar-refractivity contribution in [1.82, 2.24) is 5.32 Å². The Morgan fingerprint density at radius 2 is 2.06 bits per heavy atom. The van der Waals surface area contributed by atoms with Crippen molar-refractivity contribution in [3.8, 4) is 0 Å². The number of hydrogen-bond acceptors (Lipinski definition) is 3. The lowest BCUT2D eigenvalue weighted by atomic mass is 10.1. The van der Waals surface area contributed by atoms with E-state index in [2.05, 4.69) is 17.0 Å². The van der Waals surface area contributed by atoms with Crippen molar-refractivity contribution in [3.63, 3.8) is 0 Å². The molecular formula is C13H20N2O2S. The van der Waals surface area contributed by atoms with E-state index in [0.717, 1.165) is 25.1 Å². The topological polar surface area (TPSA) is 58.2 Å². The van der Waals surface area contributed by atoms with Crippen LogP contribution in [-0.2, 0) is 16.4 Å². The van der Waals surface area contributed by atoms with Crippen LogP contribution in [0.1, 0.15) is 25.3 Å². The van der Waals surface area contributed by atoms with Crippen LogP contribution in [-0.4, -0.2) is 26.8 Å². The Labute approximate surface area is 109 Å². The predicted octanol–water partition coefficient (Wildman–Crippen LogP) is 1.74. The summed E-state index contributed by atoms with van der Waals surface area (Å²) in [5.74, 6) is 0. The second-order valence-corrected chi connectivity index (χ2v) is 6.61. The van der Waals surface area contributed by atoms with Crippen molar-refractivity contribution in [2.45, 2.75) is 31.4 Å². The summed E-state index contributed by atoms with van der Waals surface area (Å²) in [5.41, 5.74) is 1.81. The summed E-state index contributed by atoms with van der Waals surface area (Å²) in [4.78, 5) is 0. The smallest absolute Gasteiger partial charge is 0.235 e. The zero-order valence-electron chi connectivity index (χ0n) is 10.6. The van der Waals surface area contributed by atoms with Crippen LogP contribution in [0, 0.1) is 0 Å². The fourth-order valence-electron chi connectivity index (χ4n) is 2.21. The molecule has 18 heavy (non-hydrogen) atoms. The van der Waals surface area contributed by atoms with Crippen molar-refractivity contribution < 1.29 is 8.42 Å². The molecule has 100 valence electrons. The molecule has 0 radical (unpaired) electrons. The molecule has 0 aromatic heterocycles. The van der Waals surface area contributed by atoms with Crippen LogP contribution in [0.25, 0.3) is 0 Å². The average Bonchev–Trinajstić information content (AvgIpc) is 2.39. The molecule has 1 aliphatic heterocycles. The summed E-state index contributed by atoms with van der Waals surface area (Å²) in [6, 6.07) is 7.60. The van der Waals surface area contributed by atoms with Crippen molar-refractivity contribution in [2.75, 3.05) is 17.8 Å². The largest absolute Gasteiger partial charge is 0.317 e. The number of rotatable bonds is 4. The number of aryl methyl sites for hydroxylation is 1. The zero-order valence-corrected chi connectivity index (χ0v) is 11.5. The molecule has 1 heterocycles. The highest BCUT2D eigenvalue weighted by atomic mass is 32.2. The molecule has 2 N–H and O–H groups in total. The van der Waals surface area contributed by atoms with Crippen molar-refractivity contribution in [1.29, 1.82) is 0 Å². The van der Waals surface area contributed by atoms with Gasteiger partial charge in [-0.05, 0) is 50.0 Å². The van der Waals surface area contributed by atoms with Crippen LogP contribution in [0.2, 0.25) is 0 Å². The molecule has 0 aliphatic carbocycles. The molecule has 0 atom stereocenters. The van der Waals surface area contributed by atoms with Crippen LogP contribution in [0.3, 0.4) is 0 Å². The maximum atomic E-state index is 12.2. The maximum absolute atomic E-state index is 12.2. The van der Waals surface area contributed by atoms with Crippen LogP contribution in [0.15, 0.2) is 24.3 Å². The first-order chi connectivity index (χ1) is 8.62. The molecule has 1 fully saturated rings. The second-order valence-electron chi connectivity index (χ2n) is 4.65. The van der Waals surface area contributed by atoms with E-state index in [1.54, 1.807) is 6.07 Å². The highest BCUT2D eigenvalue weighted by molar-refractivity contribution is 7.93. The standard InChI is InChI=1S/C13H20N2O2S/c1-2-11-4-3-5-12(10-11)15-18(16,17)13-6-8-14-9-7-13/h3-5,10,13-15H,2,6-9H2,1H3. The molecule has 1 saturated heterocycles. The van der Waals surface area contributed by atoms with E-state index in [4.69, 9.17) is 0 Å². The Bertz CT molecular complexity index is 493. The van der Waals surface area contributed by atoms with Crippen molar-refractivity contribution in [3.05, 3.63) is 29.8 Å². The Kier molecular flexibility index (Phi) is 4.24. The highest BCUT2D eigenvalue weighted by Crippen LogP contribution is 2.18. The van der Waals surface area contributed by atoms with Gasteiger partial charge >= 0.3 is 0 Å². The summed E-state index contributed by atoms with van der Waals surface area (Å²) in [7, 11) is -3.25. The first kappa shape index (κ1) is 13.4. The van der Waals surface area contributed by atoms with Gasteiger partial charge in [0.25, 0.3) is 0 Å². The summed E-state index contributed by atoms with van der Waals surface area (Å²) < 4.78 is 27.1. The first-order valence-corrected chi connectivity index (χ1v) is 7.98. The number of sulfonamides is 1. The third-order valence-electron chi connectivity index (χ3n) is 3.32. The van der Waals surface area contributed by atoms with Crippen molar-refractivity contribution >= 4 is 15.7 Å². The lowest BCUT2D eigenvalue weighted by Crippen LogP contribution is -2.38. The molecule has 1 aromatic carbocycles. The minimum atomic E-state index is -3.25. The molecule has 0 amide bonds. The quantitative estimate of drug-likeness (QED) is 0.874. The Hall–Kier alpha value is -1.07.